The van der Waals surface area contributed by atoms with E-state index in [-0.39, 0.29) is 5.91 Å². The molecule has 0 fully saturated rings. The minimum absolute atomic E-state index is 0.260. The molecule has 5 heteroatoms. The number of rotatable bonds is 6. The molecule has 1 aromatic heterocycles. The van der Waals surface area contributed by atoms with Crippen LogP contribution in [0, 0.1) is 0 Å². The minimum Gasteiger partial charge on any atom is -0.449 e. The van der Waals surface area contributed by atoms with Crippen LogP contribution in [0.15, 0.2) is 42.1 Å². The van der Waals surface area contributed by atoms with Gasteiger partial charge in [0, 0.05) is 23.6 Å². The Hall–Kier alpha value is -2.56. The van der Waals surface area contributed by atoms with Crippen LogP contribution < -0.4 is 5.32 Å². The number of fused-ring (bicyclic) bond motifs is 1. The second-order valence-corrected chi connectivity index (χ2v) is 6.44. The second-order valence-electron chi connectivity index (χ2n) is 6.44. The number of carbonyl (C=O) groups excluding carboxylic acids is 2. The molecule has 3 rings (SSSR count). The third kappa shape index (κ3) is 4.29. The number of hydrogen-bond donors (Lipinski definition) is 2. The van der Waals surface area contributed by atoms with Crippen molar-refractivity contribution in [2.75, 3.05) is 6.54 Å². The summed E-state index contributed by atoms with van der Waals surface area (Å²) in [4.78, 5) is 27.5. The van der Waals surface area contributed by atoms with Crippen LogP contribution >= 0.6 is 0 Å². The van der Waals surface area contributed by atoms with E-state index in [4.69, 9.17) is 4.74 Å². The van der Waals surface area contributed by atoms with Crippen LogP contribution in [0.3, 0.4) is 0 Å². The Morgan fingerprint density at radius 1 is 1.28 bits per heavy atom. The molecular formula is C20H24N2O3. The van der Waals surface area contributed by atoms with E-state index in [1.807, 2.05) is 24.3 Å². The van der Waals surface area contributed by atoms with Crippen LogP contribution in [-0.2, 0) is 9.53 Å². The molecule has 2 N–H and O–H groups in total. The lowest BCUT2D eigenvalue weighted by Gasteiger charge is -2.15. The van der Waals surface area contributed by atoms with Crippen molar-refractivity contribution in [3.8, 4) is 0 Å². The van der Waals surface area contributed by atoms with Crippen molar-refractivity contribution < 1.29 is 14.3 Å². The van der Waals surface area contributed by atoms with E-state index >= 15 is 0 Å². The first-order valence-electron chi connectivity index (χ1n) is 8.88. The van der Waals surface area contributed by atoms with Crippen LogP contribution in [-0.4, -0.2) is 29.5 Å². The maximum atomic E-state index is 12.3. The van der Waals surface area contributed by atoms with Crippen molar-refractivity contribution in [3.63, 3.8) is 0 Å². The number of aromatic amines is 1. The number of aromatic nitrogens is 1. The third-order valence-corrected chi connectivity index (χ3v) is 4.59. The fourth-order valence-electron chi connectivity index (χ4n) is 3.14. The molecule has 132 valence electrons. The molecule has 1 aromatic carbocycles. The summed E-state index contributed by atoms with van der Waals surface area (Å²) in [5.74, 6) is -0.750. The summed E-state index contributed by atoms with van der Waals surface area (Å²) in [5.41, 5.74) is 2.73. The van der Waals surface area contributed by atoms with Crippen LogP contribution in [0.4, 0.5) is 0 Å². The number of nitrogens with one attached hydrogen (secondary N) is 2. The van der Waals surface area contributed by atoms with Crippen molar-refractivity contribution in [3.05, 3.63) is 47.7 Å². The third-order valence-electron chi connectivity index (χ3n) is 4.59. The Morgan fingerprint density at radius 2 is 2.12 bits per heavy atom. The summed E-state index contributed by atoms with van der Waals surface area (Å²) in [6, 6.07) is 7.50. The summed E-state index contributed by atoms with van der Waals surface area (Å²) >= 11 is 0. The van der Waals surface area contributed by atoms with Crippen LogP contribution in [0.25, 0.3) is 10.9 Å². The maximum absolute atomic E-state index is 12.3. The molecule has 25 heavy (non-hydrogen) atoms. The molecule has 0 aliphatic heterocycles. The smallest absolute Gasteiger partial charge is 0.341 e. The van der Waals surface area contributed by atoms with E-state index in [0.717, 1.165) is 30.2 Å². The number of H-pyrrole nitrogens is 1. The van der Waals surface area contributed by atoms with Crippen molar-refractivity contribution in [2.45, 2.75) is 45.1 Å². The van der Waals surface area contributed by atoms with Gasteiger partial charge < -0.3 is 15.0 Å². The molecule has 1 aliphatic carbocycles. The predicted octanol–water partition coefficient (Wildman–Crippen LogP) is 3.72. The van der Waals surface area contributed by atoms with Gasteiger partial charge in [-0.15, -0.1) is 0 Å². The lowest BCUT2D eigenvalue weighted by Crippen LogP contribution is -2.36. The van der Waals surface area contributed by atoms with Gasteiger partial charge in [-0.3, -0.25) is 4.79 Å². The molecule has 5 nitrogen and oxygen atoms in total. The normalized spacial score (nSPS) is 15.5. The summed E-state index contributed by atoms with van der Waals surface area (Å²) in [6.07, 6.45) is 8.71. The molecule has 1 aliphatic rings. The minimum atomic E-state index is -0.818. The Balaban J connectivity index is 1.50. The van der Waals surface area contributed by atoms with Gasteiger partial charge in [0.15, 0.2) is 6.10 Å². The van der Waals surface area contributed by atoms with Gasteiger partial charge in [-0.05, 0) is 45.1 Å². The van der Waals surface area contributed by atoms with Crippen LogP contribution in [0.2, 0.25) is 0 Å². The van der Waals surface area contributed by atoms with Gasteiger partial charge in [-0.2, -0.15) is 0 Å². The van der Waals surface area contributed by atoms with Gasteiger partial charge in [-0.25, -0.2) is 4.79 Å². The molecular weight excluding hydrogens is 316 g/mol. The standard InChI is InChI=1S/C20H24N2O3/c1-14(19(23)21-12-11-15-7-3-2-4-8-15)25-20(24)17-13-22-18-10-6-5-9-16(17)18/h5-7,9-10,13-14,22H,2-4,8,11-12H2,1H3,(H,21,23)/t14-/m1/s1. The van der Waals surface area contributed by atoms with E-state index < -0.39 is 12.1 Å². The quantitative estimate of drug-likeness (QED) is 0.622. The number of hydrogen-bond acceptors (Lipinski definition) is 3. The molecule has 1 heterocycles. The van der Waals surface area contributed by atoms with E-state index in [2.05, 4.69) is 16.4 Å². The average Bonchev–Trinajstić information content (AvgIpc) is 3.06. The molecule has 0 saturated carbocycles. The first kappa shape index (κ1) is 17.3. The number of ether oxygens (including phenoxy) is 1. The zero-order chi connectivity index (χ0) is 17.6. The number of para-hydroxylation sites is 1. The maximum Gasteiger partial charge on any atom is 0.341 e. The molecule has 0 spiro atoms. The van der Waals surface area contributed by atoms with E-state index in [1.54, 1.807) is 13.1 Å². The molecule has 0 saturated heterocycles. The lowest BCUT2D eigenvalue weighted by molar-refractivity contribution is -0.129. The zero-order valence-electron chi connectivity index (χ0n) is 14.5. The molecule has 2 aromatic rings. The number of allylic oxidation sites excluding steroid dienone is 1. The highest BCUT2D eigenvalue weighted by Gasteiger charge is 2.20. The highest BCUT2D eigenvalue weighted by Crippen LogP contribution is 2.20. The van der Waals surface area contributed by atoms with Gasteiger partial charge in [0.2, 0.25) is 0 Å². The average molecular weight is 340 g/mol. The van der Waals surface area contributed by atoms with Crippen molar-refractivity contribution in [2.24, 2.45) is 0 Å². The van der Waals surface area contributed by atoms with Gasteiger partial charge in [0.25, 0.3) is 5.91 Å². The largest absolute Gasteiger partial charge is 0.449 e. The van der Waals surface area contributed by atoms with Gasteiger partial charge in [0.05, 0.1) is 5.56 Å². The molecule has 1 amide bonds. The van der Waals surface area contributed by atoms with E-state index in [0.29, 0.717) is 12.1 Å². The van der Waals surface area contributed by atoms with Gasteiger partial charge in [0.1, 0.15) is 0 Å². The molecule has 0 bridgehead atoms. The van der Waals surface area contributed by atoms with Gasteiger partial charge >= 0.3 is 5.97 Å². The lowest BCUT2D eigenvalue weighted by atomic mass is 9.97. The van der Waals surface area contributed by atoms with Crippen molar-refractivity contribution >= 4 is 22.8 Å². The van der Waals surface area contributed by atoms with Gasteiger partial charge in [-0.1, -0.05) is 29.8 Å². The second kappa shape index (κ2) is 8.01. The summed E-state index contributed by atoms with van der Waals surface area (Å²) in [5, 5.41) is 3.65. The fourth-order valence-corrected chi connectivity index (χ4v) is 3.14. The summed E-state index contributed by atoms with van der Waals surface area (Å²) in [7, 11) is 0. The Kier molecular flexibility index (Phi) is 5.53. The van der Waals surface area contributed by atoms with E-state index in [1.165, 1.54) is 18.4 Å². The van der Waals surface area contributed by atoms with Crippen molar-refractivity contribution in [1.29, 1.82) is 0 Å². The number of benzene rings is 1. The first-order chi connectivity index (χ1) is 12.1. The van der Waals surface area contributed by atoms with Crippen LogP contribution in [0.1, 0.15) is 49.4 Å². The zero-order valence-corrected chi connectivity index (χ0v) is 14.5. The Morgan fingerprint density at radius 3 is 2.92 bits per heavy atom. The molecule has 0 radical (unpaired) electrons. The SMILES string of the molecule is C[C@@H](OC(=O)c1c[nH]c2ccccc12)C(=O)NCCC1=CCCCC1. The van der Waals surface area contributed by atoms with Crippen molar-refractivity contribution in [1.82, 2.24) is 10.3 Å². The monoisotopic (exact) mass is 340 g/mol. The summed E-state index contributed by atoms with van der Waals surface area (Å²) in [6.45, 7) is 2.18. The summed E-state index contributed by atoms with van der Waals surface area (Å²) < 4.78 is 5.32. The Labute approximate surface area is 147 Å². The Bertz CT molecular complexity index is 791. The van der Waals surface area contributed by atoms with Crippen LogP contribution in [0.5, 0.6) is 0 Å². The fraction of sp³-hybridized carbons (Fsp3) is 0.400. The topological polar surface area (TPSA) is 71.2 Å². The number of carbonyl (C=O) groups is 2. The number of amides is 1. The first-order valence-corrected chi connectivity index (χ1v) is 8.88. The highest BCUT2D eigenvalue weighted by atomic mass is 16.5. The number of esters is 1. The molecule has 1 atom stereocenters. The molecule has 0 unspecified atom stereocenters. The predicted molar refractivity (Wildman–Crippen MR) is 97.4 cm³/mol. The highest BCUT2D eigenvalue weighted by molar-refractivity contribution is 6.04. The van der Waals surface area contributed by atoms with E-state index in [9.17, 15) is 9.59 Å².